The van der Waals surface area contributed by atoms with Crippen LogP contribution in [0.25, 0.3) is 5.69 Å². The number of amides is 1. The van der Waals surface area contributed by atoms with E-state index in [9.17, 15) is 4.79 Å². The smallest absolute Gasteiger partial charge is 0.234 e. The number of nitrogens with one attached hydrogen (secondary N) is 1. The lowest BCUT2D eigenvalue weighted by atomic mass is 10.2. The van der Waals surface area contributed by atoms with E-state index in [4.69, 9.17) is 9.47 Å². The van der Waals surface area contributed by atoms with E-state index in [-0.39, 0.29) is 11.7 Å². The van der Waals surface area contributed by atoms with Gasteiger partial charge in [0.15, 0.2) is 11.0 Å². The number of aromatic nitrogens is 3. The van der Waals surface area contributed by atoms with Gasteiger partial charge in [-0.15, -0.1) is 10.2 Å². The standard InChI is InChI=1S/C25H30N6O3S/c32-24(26-21-8-4-5-9-22(21)30-12-16-34-17-13-30)19-35-25-28-27-23(18-29-10-14-33-15-11-29)31(25)20-6-2-1-3-7-20/h1-9H,10-19H2,(H,26,32). The summed E-state index contributed by atoms with van der Waals surface area (Å²) in [5, 5.41) is 12.7. The number of ether oxygens (including phenoxy) is 2. The predicted molar refractivity (Wildman–Crippen MR) is 136 cm³/mol. The highest BCUT2D eigenvalue weighted by Gasteiger charge is 2.20. The molecule has 2 fully saturated rings. The minimum absolute atomic E-state index is 0.0759. The number of para-hydroxylation sites is 3. The van der Waals surface area contributed by atoms with Gasteiger partial charge >= 0.3 is 0 Å². The number of anilines is 2. The summed E-state index contributed by atoms with van der Waals surface area (Å²) in [6, 6.07) is 18.0. The van der Waals surface area contributed by atoms with Crippen LogP contribution in [0, 0.1) is 0 Å². The molecule has 3 heterocycles. The Hall–Kier alpha value is -2.92. The number of carbonyl (C=O) groups excluding carboxylic acids is 1. The van der Waals surface area contributed by atoms with Crippen molar-refractivity contribution in [1.29, 1.82) is 0 Å². The van der Waals surface area contributed by atoms with Crippen molar-refractivity contribution < 1.29 is 14.3 Å². The number of thioether (sulfide) groups is 1. The first-order valence-corrected chi connectivity index (χ1v) is 12.9. The minimum atomic E-state index is -0.0759. The molecule has 2 saturated heterocycles. The highest BCUT2D eigenvalue weighted by molar-refractivity contribution is 7.99. The summed E-state index contributed by atoms with van der Waals surface area (Å²) in [6.45, 7) is 6.90. The van der Waals surface area contributed by atoms with Gasteiger partial charge in [-0.25, -0.2) is 0 Å². The van der Waals surface area contributed by atoms with E-state index in [0.717, 1.165) is 62.3 Å². The Morgan fingerprint density at radius 2 is 1.57 bits per heavy atom. The van der Waals surface area contributed by atoms with Crippen molar-refractivity contribution in [3.63, 3.8) is 0 Å². The molecule has 0 radical (unpaired) electrons. The van der Waals surface area contributed by atoms with E-state index < -0.39 is 0 Å². The van der Waals surface area contributed by atoms with Gasteiger partial charge in [0.2, 0.25) is 5.91 Å². The molecule has 0 atom stereocenters. The highest BCUT2D eigenvalue weighted by Crippen LogP contribution is 2.27. The van der Waals surface area contributed by atoms with E-state index in [1.807, 2.05) is 54.6 Å². The predicted octanol–water partition coefficient (Wildman–Crippen LogP) is 2.67. The molecule has 0 aliphatic carbocycles. The quantitative estimate of drug-likeness (QED) is 0.479. The van der Waals surface area contributed by atoms with Gasteiger partial charge in [0.25, 0.3) is 0 Å². The van der Waals surface area contributed by atoms with Gasteiger partial charge in [-0.2, -0.15) is 0 Å². The van der Waals surface area contributed by atoms with Crippen LogP contribution in [-0.4, -0.2) is 83.9 Å². The van der Waals surface area contributed by atoms with E-state index in [0.29, 0.717) is 24.9 Å². The first-order valence-electron chi connectivity index (χ1n) is 11.9. The summed E-state index contributed by atoms with van der Waals surface area (Å²) in [7, 11) is 0. The lowest BCUT2D eigenvalue weighted by Gasteiger charge is -2.30. The van der Waals surface area contributed by atoms with Gasteiger partial charge in [-0.05, 0) is 24.3 Å². The van der Waals surface area contributed by atoms with Crippen molar-refractivity contribution in [2.75, 3.05) is 68.6 Å². The highest BCUT2D eigenvalue weighted by atomic mass is 32.2. The second-order valence-electron chi connectivity index (χ2n) is 8.41. The molecule has 1 aromatic heterocycles. The molecule has 10 heteroatoms. The lowest BCUT2D eigenvalue weighted by Crippen LogP contribution is -2.36. The number of hydrogen-bond donors (Lipinski definition) is 1. The molecule has 1 N–H and O–H groups in total. The molecule has 2 aliphatic heterocycles. The topological polar surface area (TPSA) is 84.8 Å². The SMILES string of the molecule is O=C(CSc1nnc(CN2CCOCC2)n1-c1ccccc1)Nc1ccccc1N1CCOCC1. The van der Waals surface area contributed by atoms with Crippen molar-refractivity contribution in [2.45, 2.75) is 11.7 Å². The molecule has 0 spiro atoms. The van der Waals surface area contributed by atoms with Gasteiger partial charge in [0, 0.05) is 31.9 Å². The maximum absolute atomic E-state index is 12.9. The average molecular weight is 495 g/mol. The van der Waals surface area contributed by atoms with E-state index in [1.54, 1.807) is 0 Å². The molecule has 3 aromatic rings. The van der Waals surface area contributed by atoms with Crippen LogP contribution in [0.1, 0.15) is 5.82 Å². The van der Waals surface area contributed by atoms with Crippen LogP contribution >= 0.6 is 11.8 Å². The zero-order valence-corrected chi connectivity index (χ0v) is 20.5. The molecule has 0 saturated carbocycles. The van der Waals surface area contributed by atoms with E-state index in [1.165, 1.54) is 11.8 Å². The molecule has 1 amide bonds. The van der Waals surface area contributed by atoms with Crippen LogP contribution in [0.15, 0.2) is 59.8 Å². The second kappa shape index (κ2) is 11.7. The Labute approximate surface area is 209 Å². The summed E-state index contributed by atoms with van der Waals surface area (Å²) in [5.41, 5.74) is 2.83. The van der Waals surface area contributed by atoms with Crippen LogP contribution in [0.5, 0.6) is 0 Å². The summed E-state index contributed by atoms with van der Waals surface area (Å²) in [4.78, 5) is 17.5. The van der Waals surface area contributed by atoms with Gasteiger partial charge in [0.05, 0.1) is 50.1 Å². The number of hydrogen-bond acceptors (Lipinski definition) is 8. The normalized spacial score (nSPS) is 16.9. The number of carbonyl (C=O) groups is 1. The molecule has 2 aromatic carbocycles. The maximum Gasteiger partial charge on any atom is 0.234 e. The first kappa shape index (κ1) is 23.8. The Morgan fingerprint density at radius 1 is 0.886 bits per heavy atom. The van der Waals surface area contributed by atoms with Crippen LogP contribution in [0.4, 0.5) is 11.4 Å². The van der Waals surface area contributed by atoms with E-state index >= 15 is 0 Å². The first-order chi connectivity index (χ1) is 17.3. The molecule has 2 aliphatic rings. The average Bonchev–Trinajstić information content (AvgIpc) is 3.31. The number of morpholine rings is 2. The second-order valence-corrected chi connectivity index (χ2v) is 9.35. The number of nitrogens with zero attached hydrogens (tertiary/aromatic N) is 5. The Morgan fingerprint density at radius 3 is 2.34 bits per heavy atom. The fourth-order valence-corrected chi connectivity index (χ4v) is 5.04. The van der Waals surface area contributed by atoms with Crippen molar-refractivity contribution in [2.24, 2.45) is 0 Å². The number of rotatable bonds is 8. The van der Waals surface area contributed by atoms with E-state index in [2.05, 4.69) is 29.9 Å². The zero-order valence-electron chi connectivity index (χ0n) is 19.6. The summed E-state index contributed by atoms with van der Waals surface area (Å²) in [6.07, 6.45) is 0. The van der Waals surface area contributed by atoms with Crippen molar-refractivity contribution in [3.8, 4) is 5.69 Å². The molecule has 0 unspecified atom stereocenters. The largest absolute Gasteiger partial charge is 0.379 e. The molecular weight excluding hydrogens is 464 g/mol. The minimum Gasteiger partial charge on any atom is -0.379 e. The Bertz CT molecular complexity index is 1110. The van der Waals surface area contributed by atoms with Crippen molar-refractivity contribution in [1.82, 2.24) is 19.7 Å². The summed E-state index contributed by atoms with van der Waals surface area (Å²) >= 11 is 1.39. The third kappa shape index (κ3) is 6.02. The van der Waals surface area contributed by atoms with Crippen LogP contribution < -0.4 is 10.2 Å². The van der Waals surface area contributed by atoms with Crippen LogP contribution in [0.3, 0.4) is 0 Å². The molecule has 9 nitrogen and oxygen atoms in total. The molecule has 184 valence electrons. The van der Waals surface area contributed by atoms with Gasteiger partial charge in [-0.1, -0.05) is 42.1 Å². The molecule has 35 heavy (non-hydrogen) atoms. The summed E-state index contributed by atoms with van der Waals surface area (Å²) < 4.78 is 13.0. The summed E-state index contributed by atoms with van der Waals surface area (Å²) in [5.74, 6) is 1.02. The fourth-order valence-electron chi connectivity index (χ4n) is 4.27. The van der Waals surface area contributed by atoms with Gasteiger partial charge < -0.3 is 19.7 Å². The van der Waals surface area contributed by atoms with Crippen molar-refractivity contribution in [3.05, 3.63) is 60.4 Å². The fraction of sp³-hybridized carbons (Fsp3) is 0.400. The molecule has 5 rings (SSSR count). The third-order valence-corrected chi connectivity index (χ3v) is 6.97. The van der Waals surface area contributed by atoms with Crippen LogP contribution in [0.2, 0.25) is 0 Å². The number of benzene rings is 2. The van der Waals surface area contributed by atoms with Gasteiger partial charge in [-0.3, -0.25) is 14.3 Å². The lowest BCUT2D eigenvalue weighted by molar-refractivity contribution is -0.113. The van der Waals surface area contributed by atoms with Gasteiger partial charge in [0.1, 0.15) is 0 Å². The Balaban J connectivity index is 1.28. The molecular formula is C25H30N6O3S. The maximum atomic E-state index is 12.9. The molecule has 0 bridgehead atoms. The monoisotopic (exact) mass is 494 g/mol. The Kier molecular flexibility index (Phi) is 7.94. The van der Waals surface area contributed by atoms with Crippen LogP contribution in [-0.2, 0) is 20.8 Å². The third-order valence-electron chi connectivity index (χ3n) is 6.05. The zero-order chi connectivity index (χ0) is 23.9. The van der Waals surface area contributed by atoms with Crippen molar-refractivity contribution >= 4 is 29.0 Å².